The van der Waals surface area contributed by atoms with E-state index >= 15 is 0 Å². The van der Waals surface area contributed by atoms with Gasteiger partial charge in [0.2, 0.25) is 5.95 Å². The molecule has 2 heterocycles. The molecule has 0 spiro atoms. The Hall–Kier alpha value is -2.34. The van der Waals surface area contributed by atoms with Gasteiger partial charge in [0.05, 0.1) is 12.5 Å². The minimum atomic E-state index is 0.280. The van der Waals surface area contributed by atoms with Gasteiger partial charge in [-0.15, -0.1) is 11.3 Å². The normalized spacial score (nSPS) is 10.7. The van der Waals surface area contributed by atoms with Crippen molar-refractivity contribution in [2.75, 3.05) is 18.2 Å². The van der Waals surface area contributed by atoms with Crippen molar-refractivity contribution in [3.05, 3.63) is 41.3 Å². The van der Waals surface area contributed by atoms with E-state index in [1.165, 1.54) is 0 Å². The first-order valence-corrected chi connectivity index (χ1v) is 7.02. The second kappa shape index (κ2) is 5.34. The first-order chi connectivity index (χ1) is 9.78. The van der Waals surface area contributed by atoms with E-state index in [1.54, 1.807) is 18.4 Å². The van der Waals surface area contributed by atoms with Crippen LogP contribution in [0.25, 0.3) is 10.2 Å². The van der Waals surface area contributed by atoms with Crippen LogP contribution in [0.15, 0.2) is 35.7 Å². The van der Waals surface area contributed by atoms with Gasteiger partial charge < -0.3 is 15.8 Å². The topological polar surface area (TPSA) is 73.1 Å². The highest BCUT2D eigenvalue weighted by Crippen LogP contribution is 2.26. The number of benzene rings is 1. The van der Waals surface area contributed by atoms with E-state index in [0.717, 1.165) is 27.3 Å². The molecule has 0 aliphatic rings. The number of ether oxygens (including phenoxy) is 1. The lowest BCUT2D eigenvalue weighted by Gasteiger charge is -2.10. The number of nitrogens with two attached hydrogens (primary N) is 1. The molecule has 0 saturated heterocycles. The van der Waals surface area contributed by atoms with Crippen molar-refractivity contribution in [3.63, 3.8) is 0 Å². The summed E-state index contributed by atoms with van der Waals surface area (Å²) in [6.45, 7) is 0.616. The number of hydrogen-bond acceptors (Lipinski definition) is 6. The fraction of sp³-hybridized carbons (Fsp3) is 0.143. The zero-order chi connectivity index (χ0) is 13.9. The van der Waals surface area contributed by atoms with Crippen molar-refractivity contribution in [1.82, 2.24) is 9.97 Å². The number of hydrogen-bond donors (Lipinski definition) is 2. The molecule has 1 aromatic carbocycles. The number of nitrogens with zero attached hydrogens (tertiary/aromatic N) is 2. The van der Waals surface area contributed by atoms with Gasteiger partial charge in [-0.3, -0.25) is 0 Å². The van der Waals surface area contributed by atoms with Gasteiger partial charge in [-0.1, -0.05) is 18.2 Å². The molecule has 0 bridgehead atoms. The Morgan fingerprint density at radius 1 is 1.25 bits per heavy atom. The maximum atomic E-state index is 5.73. The average molecular weight is 286 g/mol. The molecule has 3 rings (SSSR count). The summed E-state index contributed by atoms with van der Waals surface area (Å²) in [4.78, 5) is 9.36. The van der Waals surface area contributed by atoms with Crippen molar-refractivity contribution in [2.24, 2.45) is 0 Å². The van der Waals surface area contributed by atoms with E-state index < -0.39 is 0 Å². The summed E-state index contributed by atoms with van der Waals surface area (Å²) in [5.41, 5.74) is 6.79. The van der Waals surface area contributed by atoms with E-state index in [-0.39, 0.29) is 5.95 Å². The molecule has 0 aliphatic heterocycles. The first-order valence-electron chi connectivity index (χ1n) is 6.14. The number of thiophene rings is 1. The van der Waals surface area contributed by atoms with Gasteiger partial charge in [-0.2, -0.15) is 4.98 Å². The molecule has 0 atom stereocenters. The maximum absolute atomic E-state index is 5.73. The zero-order valence-corrected chi connectivity index (χ0v) is 11.8. The molecule has 6 heteroatoms. The predicted molar refractivity (Wildman–Crippen MR) is 82.1 cm³/mol. The number of nitrogen functional groups attached to an aromatic ring is 1. The first kappa shape index (κ1) is 12.7. The molecule has 0 aliphatic carbocycles. The van der Waals surface area contributed by atoms with Crippen molar-refractivity contribution in [2.45, 2.75) is 6.54 Å². The molecule has 2 aromatic heterocycles. The number of aromatic nitrogens is 2. The predicted octanol–water partition coefficient (Wildman–Crippen LogP) is 2.89. The SMILES string of the molecule is COc1ccccc1CNc1nc(N)nc2sccc12. The monoisotopic (exact) mass is 286 g/mol. The smallest absolute Gasteiger partial charge is 0.223 e. The Balaban J connectivity index is 1.88. The summed E-state index contributed by atoms with van der Waals surface area (Å²) in [6.07, 6.45) is 0. The van der Waals surface area contributed by atoms with Crippen LogP contribution in [0.1, 0.15) is 5.56 Å². The molecule has 0 amide bonds. The van der Waals surface area contributed by atoms with Crippen molar-refractivity contribution >= 4 is 33.3 Å². The van der Waals surface area contributed by atoms with Crippen LogP contribution >= 0.6 is 11.3 Å². The fourth-order valence-corrected chi connectivity index (χ4v) is 2.81. The lowest BCUT2D eigenvalue weighted by atomic mass is 10.2. The third-order valence-corrected chi connectivity index (χ3v) is 3.79. The van der Waals surface area contributed by atoms with Crippen LogP contribution in [-0.2, 0) is 6.54 Å². The van der Waals surface area contributed by atoms with Crippen LogP contribution < -0.4 is 15.8 Å². The lowest BCUT2D eigenvalue weighted by Crippen LogP contribution is -2.05. The second-order valence-corrected chi connectivity index (χ2v) is 5.13. The van der Waals surface area contributed by atoms with Gasteiger partial charge in [0.25, 0.3) is 0 Å². The Morgan fingerprint density at radius 2 is 2.10 bits per heavy atom. The van der Waals surface area contributed by atoms with Crippen LogP contribution in [0, 0.1) is 0 Å². The van der Waals surface area contributed by atoms with Crippen molar-refractivity contribution < 1.29 is 4.74 Å². The summed E-state index contributed by atoms with van der Waals surface area (Å²) in [5.74, 6) is 1.88. The number of para-hydroxylation sites is 1. The van der Waals surface area contributed by atoms with Crippen molar-refractivity contribution in [3.8, 4) is 5.75 Å². The standard InChI is InChI=1S/C14H14N4OS/c1-19-11-5-3-2-4-9(11)8-16-12-10-6-7-20-13(10)18-14(15)17-12/h2-7H,8H2,1H3,(H3,15,16,17,18). The number of fused-ring (bicyclic) bond motifs is 1. The molecule has 3 aromatic rings. The summed E-state index contributed by atoms with van der Waals surface area (Å²) >= 11 is 1.55. The quantitative estimate of drug-likeness (QED) is 0.771. The van der Waals surface area contributed by atoms with Gasteiger partial charge in [0, 0.05) is 12.1 Å². The minimum absolute atomic E-state index is 0.280. The van der Waals surface area contributed by atoms with Crippen LogP contribution in [0.5, 0.6) is 5.75 Å². The van der Waals surface area contributed by atoms with Crippen LogP contribution in [0.3, 0.4) is 0 Å². The minimum Gasteiger partial charge on any atom is -0.496 e. The Kier molecular flexibility index (Phi) is 3.39. The summed E-state index contributed by atoms with van der Waals surface area (Å²) in [7, 11) is 1.67. The number of rotatable bonds is 4. The fourth-order valence-electron chi connectivity index (χ4n) is 2.03. The zero-order valence-electron chi connectivity index (χ0n) is 11.0. The Labute approximate surface area is 120 Å². The molecule has 102 valence electrons. The van der Waals surface area contributed by atoms with E-state index in [1.807, 2.05) is 35.7 Å². The van der Waals surface area contributed by atoms with Crippen LogP contribution in [0.2, 0.25) is 0 Å². The van der Waals surface area contributed by atoms with Crippen LogP contribution in [-0.4, -0.2) is 17.1 Å². The van der Waals surface area contributed by atoms with Gasteiger partial charge in [0.15, 0.2) is 0 Å². The molecule has 5 nitrogen and oxygen atoms in total. The van der Waals surface area contributed by atoms with E-state index in [0.29, 0.717) is 6.54 Å². The number of anilines is 2. The average Bonchev–Trinajstić information content (AvgIpc) is 2.93. The summed E-state index contributed by atoms with van der Waals surface area (Å²) in [5, 5.41) is 6.27. The molecule has 3 N–H and O–H groups in total. The molecular formula is C14H14N4OS. The lowest BCUT2D eigenvalue weighted by molar-refractivity contribution is 0.410. The van der Waals surface area contributed by atoms with Gasteiger partial charge >= 0.3 is 0 Å². The van der Waals surface area contributed by atoms with Gasteiger partial charge in [-0.05, 0) is 17.5 Å². The molecular weight excluding hydrogens is 272 g/mol. The Bertz CT molecular complexity index is 741. The third kappa shape index (κ3) is 2.37. The molecule has 20 heavy (non-hydrogen) atoms. The van der Waals surface area contributed by atoms with E-state index in [9.17, 15) is 0 Å². The van der Waals surface area contributed by atoms with Gasteiger partial charge in [0.1, 0.15) is 16.4 Å². The maximum Gasteiger partial charge on any atom is 0.223 e. The molecule has 0 saturated carbocycles. The van der Waals surface area contributed by atoms with Crippen LogP contribution in [0.4, 0.5) is 11.8 Å². The molecule has 0 unspecified atom stereocenters. The molecule has 0 radical (unpaired) electrons. The number of methoxy groups -OCH3 is 1. The second-order valence-electron chi connectivity index (χ2n) is 4.24. The summed E-state index contributed by atoms with van der Waals surface area (Å²) < 4.78 is 5.33. The van der Waals surface area contributed by atoms with E-state index in [2.05, 4.69) is 15.3 Å². The van der Waals surface area contributed by atoms with Gasteiger partial charge in [-0.25, -0.2) is 4.98 Å². The Morgan fingerprint density at radius 3 is 2.95 bits per heavy atom. The van der Waals surface area contributed by atoms with E-state index in [4.69, 9.17) is 10.5 Å². The third-order valence-electron chi connectivity index (χ3n) is 2.98. The highest BCUT2D eigenvalue weighted by Gasteiger charge is 2.08. The largest absolute Gasteiger partial charge is 0.496 e. The highest BCUT2D eigenvalue weighted by molar-refractivity contribution is 7.16. The highest BCUT2D eigenvalue weighted by atomic mass is 32.1. The van der Waals surface area contributed by atoms with Crippen molar-refractivity contribution in [1.29, 1.82) is 0 Å². The summed E-state index contributed by atoms with van der Waals surface area (Å²) in [6, 6.07) is 9.87. The molecule has 0 fully saturated rings. The number of nitrogens with one attached hydrogen (secondary N) is 1.